The minimum Gasteiger partial charge on any atom is -0.481 e. The Morgan fingerprint density at radius 2 is 1.07 bits per heavy atom. The molecule has 3 heteroatoms. The summed E-state index contributed by atoms with van der Waals surface area (Å²) in [5.74, 6) is -0.693. The first kappa shape index (κ1) is 27.8. The van der Waals surface area contributed by atoms with E-state index in [4.69, 9.17) is 5.11 Å². The lowest BCUT2D eigenvalue weighted by molar-refractivity contribution is -0.137. The first-order chi connectivity index (χ1) is 13.2. The number of hydrogen-bond donors (Lipinski definition) is 1. The summed E-state index contributed by atoms with van der Waals surface area (Å²) in [5.41, 5.74) is 0. The van der Waals surface area contributed by atoms with Gasteiger partial charge >= 0.3 is 5.97 Å². The monoisotopic (exact) mass is 380 g/mol. The Bertz CT molecular complexity index is 359. The van der Waals surface area contributed by atoms with E-state index in [9.17, 15) is 9.59 Å². The number of hydrogen-bond acceptors (Lipinski definition) is 2. The van der Waals surface area contributed by atoms with Crippen molar-refractivity contribution in [3.05, 3.63) is 24.3 Å². The van der Waals surface area contributed by atoms with Gasteiger partial charge in [-0.15, -0.1) is 0 Å². The van der Waals surface area contributed by atoms with Crippen LogP contribution in [0.3, 0.4) is 0 Å². The fourth-order valence-corrected chi connectivity index (χ4v) is 2.54. The van der Waals surface area contributed by atoms with Gasteiger partial charge in [-0.1, -0.05) is 76.7 Å². The van der Waals surface area contributed by atoms with Crippen LogP contribution in [0.15, 0.2) is 24.3 Å². The quantitative estimate of drug-likeness (QED) is 0.151. The molecule has 0 amide bonds. The van der Waals surface area contributed by atoms with Gasteiger partial charge in [-0.3, -0.25) is 4.79 Å². The van der Waals surface area contributed by atoms with Gasteiger partial charge in [-0.2, -0.15) is 0 Å². The molecule has 0 saturated heterocycles. The van der Waals surface area contributed by atoms with Crippen molar-refractivity contribution in [1.29, 1.82) is 0 Å². The van der Waals surface area contributed by atoms with Gasteiger partial charge in [-0.25, -0.2) is 0 Å². The molecule has 158 valence electrons. The summed E-state index contributed by atoms with van der Waals surface area (Å²) >= 11 is 0. The van der Waals surface area contributed by atoms with Crippen molar-refractivity contribution in [2.24, 2.45) is 0 Å². The molecule has 0 spiro atoms. The van der Waals surface area contributed by atoms with Gasteiger partial charge in [0.25, 0.3) is 0 Å². The van der Waals surface area contributed by atoms with Crippen LogP contribution in [0.2, 0.25) is 0 Å². The molecule has 3 nitrogen and oxygen atoms in total. The summed E-state index contributed by atoms with van der Waals surface area (Å²) in [5, 5.41) is 8.39. The van der Waals surface area contributed by atoms with Crippen molar-refractivity contribution in [1.82, 2.24) is 0 Å². The zero-order valence-electron chi connectivity index (χ0n) is 18.0. The normalized spacial score (nSPS) is 10.9. The van der Waals surface area contributed by atoms with E-state index in [-0.39, 0.29) is 0 Å². The molecule has 0 aliphatic carbocycles. The average molecular weight is 381 g/mol. The van der Waals surface area contributed by atoms with Gasteiger partial charge in [0.2, 0.25) is 0 Å². The molecule has 0 aromatic rings. The SMILES string of the molecule is CCCCCC/C=C\CCCC(=O)O.CCCCCC/C=C\CCCC=O. The number of carbonyl (C=O) groups is 2. The second kappa shape index (κ2) is 26.8. The van der Waals surface area contributed by atoms with Gasteiger partial charge in [-0.05, 0) is 51.4 Å². The Morgan fingerprint density at radius 1 is 0.630 bits per heavy atom. The van der Waals surface area contributed by atoms with Gasteiger partial charge in [0.15, 0.2) is 0 Å². The predicted octanol–water partition coefficient (Wildman–Crippen LogP) is 7.65. The van der Waals surface area contributed by atoms with E-state index < -0.39 is 5.97 Å². The number of allylic oxidation sites excluding steroid dienone is 4. The third-order valence-corrected chi connectivity index (χ3v) is 4.24. The molecule has 0 atom stereocenters. The van der Waals surface area contributed by atoms with Crippen LogP contribution in [0, 0.1) is 0 Å². The van der Waals surface area contributed by atoms with Gasteiger partial charge in [0.1, 0.15) is 6.29 Å². The topological polar surface area (TPSA) is 54.4 Å². The molecular formula is C24H44O3. The number of rotatable bonds is 18. The van der Waals surface area contributed by atoms with Gasteiger partial charge < -0.3 is 9.90 Å². The molecule has 0 aromatic carbocycles. The van der Waals surface area contributed by atoms with Crippen molar-refractivity contribution in [3.8, 4) is 0 Å². The van der Waals surface area contributed by atoms with Crippen LogP contribution in [-0.4, -0.2) is 17.4 Å². The van der Waals surface area contributed by atoms with E-state index in [1.165, 1.54) is 57.8 Å². The van der Waals surface area contributed by atoms with Crippen molar-refractivity contribution in [3.63, 3.8) is 0 Å². The summed E-state index contributed by atoms with van der Waals surface area (Å²) < 4.78 is 0. The standard InChI is InChI=1S/C12H22O2.C12H22O/c1-2-3-4-5-6-7-8-9-10-11-12(13)14;1-2-3-4-5-6-7-8-9-10-11-12-13/h7-8H,2-6,9-11H2,1H3,(H,13,14);7-8,12H,2-6,9-11H2,1H3/b2*8-7-. The molecule has 0 fully saturated rings. The second-order valence-corrected chi connectivity index (χ2v) is 7.03. The van der Waals surface area contributed by atoms with Crippen molar-refractivity contribution < 1.29 is 14.7 Å². The zero-order valence-corrected chi connectivity index (χ0v) is 18.0. The van der Waals surface area contributed by atoms with E-state index in [1.807, 2.05) is 0 Å². The lowest BCUT2D eigenvalue weighted by Crippen LogP contribution is -1.92. The smallest absolute Gasteiger partial charge is 0.303 e. The first-order valence-corrected chi connectivity index (χ1v) is 11.1. The minimum atomic E-state index is -0.693. The highest BCUT2D eigenvalue weighted by Crippen LogP contribution is 2.05. The second-order valence-electron chi connectivity index (χ2n) is 7.03. The summed E-state index contributed by atoms with van der Waals surface area (Å²) in [6.07, 6.45) is 27.4. The molecule has 0 aliphatic heterocycles. The number of carbonyl (C=O) groups excluding carboxylic acids is 1. The Balaban J connectivity index is 0. The number of aliphatic carboxylic acids is 1. The van der Waals surface area contributed by atoms with Crippen molar-refractivity contribution in [2.75, 3.05) is 0 Å². The van der Waals surface area contributed by atoms with Crippen LogP contribution in [0.5, 0.6) is 0 Å². The Kier molecular flexibility index (Phi) is 27.7. The molecule has 0 aliphatic rings. The van der Waals surface area contributed by atoms with Crippen LogP contribution in [-0.2, 0) is 9.59 Å². The van der Waals surface area contributed by atoms with E-state index in [2.05, 4.69) is 38.2 Å². The van der Waals surface area contributed by atoms with E-state index in [1.54, 1.807) is 0 Å². The molecule has 1 N–H and O–H groups in total. The number of carboxylic acid groups (broad SMARTS) is 1. The van der Waals surface area contributed by atoms with Crippen molar-refractivity contribution in [2.45, 2.75) is 117 Å². The fourth-order valence-electron chi connectivity index (χ4n) is 2.54. The molecule has 0 saturated carbocycles. The highest BCUT2D eigenvalue weighted by atomic mass is 16.4. The van der Waals surface area contributed by atoms with Crippen LogP contribution in [0.25, 0.3) is 0 Å². The Morgan fingerprint density at radius 3 is 1.48 bits per heavy atom. The molecule has 0 radical (unpaired) electrons. The molecule has 0 unspecified atom stereocenters. The summed E-state index contributed by atoms with van der Waals surface area (Å²) in [7, 11) is 0. The predicted molar refractivity (Wildman–Crippen MR) is 117 cm³/mol. The first-order valence-electron chi connectivity index (χ1n) is 11.1. The highest BCUT2D eigenvalue weighted by Gasteiger charge is 1.93. The third-order valence-electron chi connectivity index (χ3n) is 4.24. The third kappa shape index (κ3) is 32.7. The lowest BCUT2D eigenvalue weighted by Gasteiger charge is -1.94. The Hall–Kier alpha value is -1.38. The summed E-state index contributed by atoms with van der Waals surface area (Å²) in [6.45, 7) is 4.44. The van der Waals surface area contributed by atoms with E-state index in [0.29, 0.717) is 12.8 Å². The fraction of sp³-hybridized carbons (Fsp3) is 0.750. The maximum absolute atomic E-state index is 10.2. The zero-order chi connectivity index (χ0) is 20.4. The van der Waals surface area contributed by atoms with Crippen LogP contribution in [0.1, 0.15) is 117 Å². The van der Waals surface area contributed by atoms with Gasteiger partial charge in [0, 0.05) is 12.8 Å². The maximum atomic E-state index is 10.2. The molecule has 27 heavy (non-hydrogen) atoms. The van der Waals surface area contributed by atoms with Crippen LogP contribution in [0.4, 0.5) is 0 Å². The number of carboxylic acids is 1. The van der Waals surface area contributed by atoms with E-state index >= 15 is 0 Å². The summed E-state index contributed by atoms with van der Waals surface area (Å²) in [6, 6.07) is 0. The highest BCUT2D eigenvalue weighted by molar-refractivity contribution is 5.66. The lowest BCUT2D eigenvalue weighted by atomic mass is 10.1. The number of aldehydes is 1. The molecule has 0 bridgehead atoms. The average Bonchev–Trinajstić information content (AvgIpc) is 2.66. The minimum absolute atomic E-state index is 0.292. The maximum Gasteiger partial charge on any atom is 0.303 e. The molecule has 0 heterocycles. The molecular weight excluding hydrogens is 336 g/mol. The summed E-state index contributed by atoms with van der Waals surface area (Å²) in [4.78, 5) is 20.2. The van der Waals surface area contributed by atoms with Crippen molar-refractivity contribution >= 4 is 12.3 Å². The van der Waals surface area contributed by atoms with E-state index in [0.717, 1.165) is 38.4 Å². The molecule has 0 aromatic heterocycles. The number of unbranched alkanes of at least 4 members (excludes halogenated alkanes) is 11. The van der Waals surface area contributed by atoms with Gasteiger partial charge in [0.05, 0.1) is 0 Å². The van der Waals surface area contributed by atoms with Crippen LogP contribution >= 0.6 is 0 Å². The largest absolute Gasteiger partial charge is 0.481 e. The Labute approximate surface area is 168 Å². The van der Waals surface area contributed by atoms with Crippen LogP contribution < -0.4 is 0 Å². The molecule has 0 rings (SSSR count).